The van der Waals surface area contributed by atoms with E-state index in [0.717, 1.165) is 29.0 Å². The van der Waals surface area contributed by atoms with Crippen molar-refractivity contribution in [1.29, 1.82) is 0 Å². The molecule has 136 valence electrons. The molecule has 1 aliphatic rings. The molecular formula is C19H21N3O2S2. The topological polar surface area (TPSA) is 54.3 Å². The molecule has 0 unspecified atom stereocenters. The molecule has 1 aromatic carbocycles. The van der Waals surface area contributed by atoms with Gasteiger partial charge in [-0.2, -0.15) is 5.10 Å². The van der Waals surface area contributed by atoms with Gasteiger partial charge in [0, 0.05) is 4.88 Å². The molecule has 1 aliphatic heterocycles. The summed E-state index contributed by atoms with van der Waals surface area (Å²) in [7, 11) is 1.64. The Kier molecular flexibility index (Phi) is 6.46. The van der Waals surface area contributed by atoms with E-state index < -0.39 is 0 Å². The number of amides is 1. The van der Waals surface area contributed by atoms with Gasteiger partial charge in [-0.25, -0.2) is 0 Å². The largest absolute Gasteiger partial charge is 0.497 e. The van der Waals surface area contributed by atoms with Gasteiger partial charge in [-0.1, -0.05) is 43.3 Å². The van der Waals surface area contributed by atoms with Crippen molar-refractivity contribution in [2.75, 3.05) is 7.11 Å². The Morgan fingerprint density at radius 1 is 1.27 bits per heavy atom. The average Bonchev–Trinajstić information content (AvgIpc) is 3.27. The van der Waals surface area contributed by atoms with Crippen LogP contribution in [0.2, 0.25) is 0 Å². The van der Waals surface area contributed by atoms with Crippen molar-refractivity contribution in [3.63, 3.8) is 0 Å². The van der Waals surface area contributed by atoms with E-state index in [-0.39, 0.29) is 11.2 Å². The fraction of sp³-hybridized carbons (Fsp3) is 0.316. The van der Waals surface area contributed by atoms with Crippen molar-refractivity contribution in [3.05, 3.63) is 52.2 Å². The Morgan fingerprint density at radius 3 is 2.73 bits per heavy atom. The zero-order valence-electron chi connectivity index (χ0n) is 14.8. The minimum Gasteiger partial charge on any atom is -0.497 e. The smallest absolute Gasteiger partial charge is 0.242 e. The highest BCUT2D eigenvalue weighted by molar-refractivity contribution is 8.15. The van der Waals surface area contributed by atoms with Crippen LogP contribution in [0.25, 0.3) is 0 Å². The van der Waals surface area contributed by atoms with Crippen molar-refractivity contribution in [1.82, 2.24) is 4.90 Å². The molecule has 7 heteroatoms. The molecule has 0 N–H and O–H groups in total. The number of ether oxygens (including phenoxy) is 1. The zero-order valence-corrected chi connectivity index (χ0v) is 16.4. The molecule has 0 spiro atoms. The number of nitrogens with zero attached hydrogens (tertiary/aromatic N) is 3. The Balaban J connectivity index is 1.78. The summed E-state index contributed by atoms with van der Waals surface area (Å²) in [5, 5.41) is 11.1. The van der Waals surface area contributed by atoms with Crippen molar-refractivity contribution in [2.45, 2.75) is 31.6 Å². The molecule has 1 aromatic heterocycles. The summed E-state index contributed by atoms with van der Waals surface area (Å²) in [5.41, 5.74) is 1.03. The summed E-state index contributed by atoms with van der Waals surface area (Å²) in [5.74, 6) is 0.909. The van der Waals surface area contributed by atoms with E-state index in [4.69, 9.17) is 4.74 Å². The molecule has 1 saturated heterocycles. The van der Waals surface area contributed by atoms with Gasteiger partial charge in [0.15, 0.2) is 5.17 Å². The highest BCUT2D eigenvalue weighted by Gasteiger charge is 2.37. The number of hydrogen-bond acceptors (Lipinski definition) is 6. The molecule has 0 aliphatic carbocycles. The maximum Gasteiger partial charge on any atom is 0.242 e. The monoisotopic (exact) mass is 387 g/mol. The standard InChI is InChI=1S/C19H21N3O2S2/c1-3-5-17-18(23)22(13-14-7-9-15(24-2)10-8-14)19(26-17)21-20-12-16-6-4-11-25-16/h4,6-12,17H,3,5,13H2,1-2H3/b20-12-,21-19+/t17-/m1/s1. The predicted molar refractivity (Wildman–Crippen MR) is 109 cm³/mol. The highest BCUT2D eigenvalue weighted by Crippen LogP contribution is 2.32. The van der Waals surface area contributed by atoms with Crippen LogP contribution in [-0.2, 0) is 11.3 Å². The van der Waals surface area contributed by atoms with Gasteiger partial charge >= 0.3 is 0 Å². The van der Waals surface area contributed by atoms with Crippen LogP contribution in [-0.4, -0.2) is 34.5 Å². The maximum atomic E-state index is 12.8. The molecule has 0 radical (unpaired) electrons. The fourth-order valence-electron chi connectivity index (χ4n) is 2.59. The Bertz CT molecular complexity index is 786. The van der Waals surface area contributed by atoms with Crippen LogP contribution in [0.4, 0.5) is 0 Å². The minimum atomic E-state index is -0.0751. The van der Waals surface area contributed by atoms with Crippen LogP contribution in [0.5, 0.6) is 5.75 Å². The second-order valence-electron chi connectivity index (χ2n) is 5.81. The van der Waals surface area contributed by atoms with Crippen molar-refractivity contribution < 1.29 is 9.53 Å². The summed E-state index contributed by atoms with van der Waals surface area (Å²) in [6.45, 7) is 2.58. The third kappa shape index (κ3) is 4.53. The molecule has 3 rings (SSSR count). The van der Waals surface area contributed by atoms with E-state index in [1.54, 1.807) is 29.6 Å². The number of carbonyl (C=O) groups excluding carboxylic acids is 1. The van der Waals surface area contributed by atoms with Crippen LogP contribution in [0, 0.1) is 0 Å². The lowest BCUT2D eigenvalue weighted by Crippen LogP contribution is -2.31. The number of methoxy groups -OCH3 is 1. The van der Waals surface area contributed by atoms with E-state index >= 15 is 0 Å². The normalized spacial score (nSPS) is 19.0. The van der Waals surface area contributed by atoms with Gasteiger partial charge in [-0.3, -0.25) is 9.69 Å². The molecule has 1 atom stereocenters. The van der Waals surface area contributed by atoms with Crippen LogP contribution in [0.1, 0.15) is 30.2 Å². The molecule has 1 fully saturated rings. The number of thiophene rings is 1. The van der Waals surface area contributed by atoms with Gasteiger partial charge in [-0.15, -0.1) is 16.4 Å². The molecule has 2 heterocycles. The number of thioether (sulfide) groups is 1. The first kappa shape index (κ1) is 18.7. The Hall–Kier alpha value is -2.12. The fourth-order valence-corrected chi connectivity index (χ4v) is 4.38. The second-order valence-corrected chi connectivity index (χ2v) is 7.96. The van der Waals surface area contributed by atoms with Crippen molar-refractivity contribution >= 4 is 40.4 Å². The lowest BCUT2D eigenvalue weighted by atomic mass is 10.2. The first-order valence-corrected chi connectivity index (χ1v) is 10.2. The number of benzene rings is 1. The van der Waals surface area contributed by atoms with Crippen molar-refractivity contribution in [2.24, 2.45) is 10.2 Å². The Labute approximate surface area is 161 Å². The quantitative estimate of drug-likeness (QED) is 0.523. The number of hydrogen-bond donors (Lipinski definition) is 0. The first-order valence-electron chi connectivity index (χ1n) is 8.46. The molecule has 2 aromatic rings. The molecule has 1 amide bonds. The number of rotatable bonds is 7. The van der Waals surface area contributed by atoms with Crippen LogP contribution in [0.3, 0.4) is 0 Å². The van der Waals surface area contributed by atoms with E-state index in [9.17, 15) is 4.79 Å². The van der Waals surface area contributed by atoms with Gasteiger partial charge in [0.05, 0.1) is 25.1 Å². The predicted octanol–water partition coefficient (Wildman–Crippen LogP) is 4.39. The lowest BCUT2D eigenvalue weighted by molar-refractivity contribution is -0.126. The van der Waals surface area contributed by atoms with E-state index in [1.807, 2.05) is 41.8 Å². The van der Waals surface area contributed by atoms with Gasteiger partial charge in [0.1, 0.15) is 5.75 Å². The first-order chi connectivity index (χ1) is 12.7. The SMILES string of the molecule is CCC[C@H]1S/C(=N/N=C\c2cccs2)N(Cc2ccc(OC)cc2)C1=O. The van der Waals surface area contributed by atoms with E-state index in [2.05, 4.69) is 17.1 Å². The molecule has 5 nitrogen and oxygen atoms in total. The molecule has 0 bridgehead atoms. The van der Waals surface area contributed by atoms with E-state index in [1.165, 1.54) is 11.8 Å². The summed E-state index contributed by atoms with van der Waals surface area (Å²) in [6.07, 6.45) is 3.53. The summed E-state index contributed by atoms with van der Waals surface area (Å²) < 4.78 is 5.19. The maximum absolute atomic E-state index is 12.8. The van der Waals surface area contributed by atoms with Crippen molar-refractivity contribution in [3.8, 4) is 5.75 Å². The lowest BCUT2D eigenvalue weighted by Gasteiger charge is -2.16. The second kappa shape index (κ2) is 9.00. The average molecular weight is 388 g/mol. The zero-order chi connectivity index (χ0) is 18.4. The van der Waals surface area contributed by atoms with Crippen LogP contribution < -0.4 is 4.74 Å². The van der Waals surface area contributed by atoms with Gasteiger partial charge < -0.3 is 4.74 Å². The highest BCUT2D eigenvalue weighted by atomic mass is 32.2. The Morgan fingerprint density at radius 2 is 2.08 bits per heavy atom. The third-order valence-corrected chi connectivity index (χ3v) is 5.98. The number of carbonyl (C=O) groups is 1. The summed E-state index contributed by atoms with van der Waals surface area (Å²) in [4.78, 5) is 15.5. The third-order valence-electron chi connectivity index (χ3n) is 3.94. The molecule has 0 saturated carbocycles. The summed E-state index contributed by atoms with van der Waals surface area (Å²) in [6, 6.07) is 11.7. The summed E-state index contributed by atoms with van der Waals surface area (Å²) >= 11 is 3.11. The molecule has 26 heavy (non-hydrogen) atoms. The van der Waals surface area contributed by atoms with Crippen LogP contribution >= 0.6 is 23.1 Å². The van der Waals surface area contributed by atoms with Gasteiger partial charge in [0.25, 0.3) is 0 Å². The molecular weight excluding hydrogens is 366 g/mol. The van der Waals surface area contributed by atoms with E-state index in [0.29, 0.717) is 11.7 Å². The van der Waals surface area contributed by atoms with Gasteiger partial charge in [-0.05, 0) is 35.6 Å². The minimum absolute atomic E-state index is 0.0751. The van der Waals surface area contributed by atoms with Crippen LogP contribution in [0.15, 0.2) is 52.0 Å². The number of amidine groups is 1. The van der Waals surface area contributed by atoms with Gasteiger partial charge in [0.2, 0.25) is 5.91 Å².